The van der Waals surface area contributed by atoms with Crippen LogP contribution in [0.3, 0.4) is 0 Å². The molecule has 0 radical (unpaired) electrons. The Morgan fingerprint density at radius 2 is 2.25 bits per heavy atom. The van der Waals surface area contributed by atoms with E-state index in [9.17, 15) is 0 Å². The van der Waals surface area contributed by atoms with Crippen LogP contribution in [0.4, 0.5) is 5.82 Å². The molecule has 2 rings (SSSR count). The van der Waals surface area contributed by atoms with Crippen molar-refractivity contribution in [2.45, 2.75) is 32.6 Å². The molecule has 1 saturated heterocycles. The summed E-state index contributed by atoms with van der Waals surface area (Å²) >= 11 is 3.42. The van der Waals surface area contributed by atoms with Gasteiger partial charge in [-0.2, -0.15) is 0 Å². The van der Waals surface area contributed by atoms with Crippen molar-refractivity contribution in [2.75, 3.05) is 18.0 Å². The molecule has 0 bridgehead atoms. The summed E-state index contributed by atoms with van der Waals surface area (Å²) in [5.74, 6) is 2.04. The zero-order chi connectivity index (χ0) is 11.4. The lowest BCUT2D eigenvalue weighted by Gasteiger charge is -2.21. The van der Waals surface area contributed by atoms with E-state index in [4.69, 9.17) is 0 Å². The van der Waals surface area contributed by atoms with Crippen LogP contribution >= 0.6 is 15.9 Å². The van der Waals surface area contributed by atoms with Gasteiger partial charge < -0.3 is 4.90 Å². The first-order chi connectivity index (χ1) is 7.79. The Kier molecular flexibility index (Phi) is 4.22. The Hall–Kier alpha value is -0.570. The van der Waals surface area contributed by atoms with Crippen LogP contribution in [0.5, 0.6) is 0 Å². The van der Waals surface area contributed by atoms with Crippen LogP contribution < -0.4 is 4.90 Å². The third-order valence-electron chi connectivity index (χ3n) is 3.46. The molecule has 2 heterocycles. The number of anilines is 1. The Bertz CT molecular complexity index is 323. The standard InChI is InChI=1S/C13H19BrN2/c1-2-11-4-3-8-16(9-7-11)13-6-5-12(14)10-15-13/h5-6,10-11H,2-4,7-9H2,1H3. The molecule has 2 nitrogen and oxygen atoms in total. The van der Waals surface area contributed by atoms with Crippen molar-refractivity contribution in [1.29, 1.82) is 0 Å². The Morgan fingerprint density at radius 3 is 2.94 bits per heavy atom. The molecule has 0 saturated carbocycles. The van der Waals surface area contributed by atoms with Crippen molar-refractivity contribution in [1.82, 2.24) is 4.98 Å². The van der Waals surface area contributed by atoms with Crippen molar-refractivity contribution >= 4 is 21.7 Å². The fourth-order valence-electron chi connectivity index (χ4n) is 2.36. The zero-order valence-electron chi connectivity index (χ0n) is 9.82. The first-order valence-corrected chi connectivity index (χ1v) is 6.95. The highest BCUT2D eigenvalue weighted by Gasteiger charge is 2.16. The number of nitrogens with zero attached hydrogens (tertiary/aromatic N) is 2. The van der Waals surface area contributed by atoms with Crippen LogP contribution in [0, 0.1) is 5.92 Å². The van der Waals surface area contributed by atoms with Gasteiger partial charge in [0, 0.05) is 23.8 Å². The lowest BCUT2D eigenvalue weighted by Crippen LogP contribution is -2.25. The number of halogens is 1. The molecule has 0 aliphatic carbocycles. The topological polar surface area (TPSA) is 16.1 Å². The quantitative estimate of drug-likeness (QED) is 0.819. The van der Waals surface area contributed by atoms with E-state index >= 15 is 0 Å². The molecule has 1 atom stereocenters. The highest BCUT2D eigenvalue weighted by atomic mass is 79.9. The second-order valence-electron chi connectivity index (χ2n) is 4.53. The van der Waals surface area contributed by atoms with Crippen LogP contribution in [0.1, 0.15) is 32.6 Å². The molecular weight excluding hydrogens is 264 g/mol. The highest BCUT2D eigenvalue weighted by molar-refractivity contribution is 9.10. The van der Waals surface area contributed by atoms with E-state index in [0.717, 1.165) is 29.3 Å². The number of pyridine rings is 1. The first kappa shape index (κ1) is 11.9. The predicted molar refractivity (Wildman–Crippen MR) is 71.8 cm³/mol. The van der Waals surface area contributed by atoms with E-state index < -0.39 is 0 Å². The number of rotatable bonds is 2. The maximum atomic E-state index is 4.47. The third-order valence-corrected chi connectivity index (χ3v) is 3.93. The second-order valence-corrected chi connectivity index (χ2v) is 5.44. The Balaban J connectivity index is 2.02. The molecule has 0 N–H and O–H groups in total. The molecule has 1 unspecified atom stereocenters. The van der Waals surface area contributed by atoms with Crippen LogP contribution in [0.15, 0.2) is 22.8 Å². The van der Waals surface area contributed by atoms with Gasteiger partial charge >= 0.3 is 0 Å². The molecular formula is C13H19BrN2. The maximum absolute atomic E-state index is 4.47. The second kappa shape index (κ2) is 5.67. The van der Waals surface area contributed by atoms with E-state index in [0.29, 0.717) is 0 Å². The third kappa shape index (κ3) is 2.97. The van der Waals surface area contributed by atoms with E-state index in [1.807, 2.05) is 6.20 Å². The molecule has 16 heavy (non-hydrogen) atoms. The number of hydrogen-bond donors (Lipinski definition) is 0. The largest absolute Gasteiger partial charge is 0.357 e. The number of aromatic nitrogens is 1. The smallest absolute Gasteiger partial charge is 0.128 e. The highest BCUT2D eigenvalue weighted by Crippen LogP contribution is 2.23. The SMILES string of the molecule is CCC1CCCN(c2ccc(Br)cn2)CC1. The summed E-state index contributed by atoms with van der Waals surface area (Å²) in [6, 6.07) is 4.18. The van der Waals surface area contributed by atoms with Gasteiger partial charge in [0.25, 0.3) is 0 Å². The molecule has 1 aliphatic heterocycles. The molecule has 0 aromatic carbocycles. The lowest BCUT2D eigenvalue weighted by atomic mass is 9.98. The van der Waals surface area contributed by atoms with Crippen LogP contribution in [-0.2, 0) is 0 Å². The fourth-order valence-corrected chi connectivity index (χ4v) is 2.59. The van der Waals surface area contributed by atoms with Gasteiger partial charge in [-0.1, -0.05) is 13.3 Å². The van der Waals surface area contributed by atoms with E-state index in [1.54, 1.807) is 0 Å². The minimum absolute atomic E-state index is 0.917. The van der Waals surface area contributed by atoms with Crippen LogP contribution in [0.2, 0.25) is 0 Å². The summed E-state index contributed by atoms with van der Waals surface area (Å²) in [5.41, 5.74) is 0. The first-order valence-electron chi connectivity index (χ1n) is 6.16. The molecule has 1 aliphatic rings. The normalized spacial score (nSPS) is 21.9. The van der Waals surface area contributed by atoms with Gasteiger partial charge in [0.15, 0.2) is 0 Å². The van der Waals surface area contributed by atoms with E-state index in [1.165, 1.54) is 25.7 Å². The predicted octanol–water partition coefficient (Wildman–Crippen LogP) is 3.86. The summed E-state index contributed by atoms with van der Waals surface area (Å²) in [7, 11) is 0. The van der Waals surface area contributed by atoms with Crippen molar-refractivity contribution < 1.29 is 0 Å². The van der Waals surface area contributed by atoms with Gasteiger partial charge in [-0.3, -0.25) is 0 Å². The summed E-state index contributed by atoms with van der Waals surface area (Å²) in [6.45, 7) is 4.62. The van der Waals surface area contributed by atoms with Gasteiger partial charge in [0.05, 0.1) is 0 Å². The van der Waals surface area contributed by atoms with Gasteiger partial charge in [0.2, 0.25) is 0 Å². The molecule has 88 valence electrons. The molecule has 0 amide bonds. The fraction of sp³-hybridized carbons (Fsp3) is 0.615. The molecule has 3 heteroatoms. The monoisotopic (exact) mass is 282 g/mol. The minimum Gasteiger partial charge on any atom is -0.357 e. The lowest BCUT2D eigenvalue weighted by molar-refractivity contribution is 0.459. The van der Waals surface area contributed by atoms with Crippen molar-refractivity contribution in [3.63, 3.8) is 0 Å². The Labute approximate surface area is 106 Å². The average Bonchev–Trinajstić information content (AvgIpc) is 2.55. The molecule has 1 fully saturated rings. The van der Waals surface area contributed by atoms with Crippen LogP contribution in [0.25, 0.3) is 0 Å². The molecule has 1 aromatic heterocycles. The van der Waals surface area contributed by atoms with Gasteiger partial charge in [-0.25, -0.2) is 4.98 Å². The Morgan fingerprint density at radius 1 is 1.38 bits per heavy atom. The summed E-state index contributed by atoms with van der Waals surface area (Å²) in [5, 5.41) is 0. The van der Waals surface area contributed by atoms with Gasteiger partial charge in [0.1, 0.15) is 5.82 Å². The minimum atomic E-state index is 0.917. The molecule has 1 aromatic rings. The van der Waals surface area contributed by atoms with Crippen molar-refractivity contribution in [3.05, 3.63) is 22.8 Å². The summed E-state index contributed by atoms with van der Waals surface area (Å²) in [4.78, 5) is 6.89. The van der Waals surface area contributed by atoms with Crippen LogP contribution in [-0.4, -0.2) is 18.1 Å². The maximum Gasteiger partial charge on any atom is 0.128 e. The average molecular weight is 283 g/mol. The summed E-state index contributed by atoms with van der Waals surface area (Å²) < 4.78 is 1.05. The van der Waals surface area contributed by atoms with Crippen molar-refractivity contribution in [3.8, 4) is 0 Å². The molecule has 0 spiro atoms. The van der Waals surface area contributed by atoms with E-state index in [2.05, 4.69) is 44.9 Å². The van der Waals surface area contributed by atoms with Gasteiger partial charge in [-0.05, 0) is 53.2 Å². The van der Waals surface area contributed by atoms with Crippen molar-refractivity contribution in [2.24, 2.45) is 5.92 Å². The summed E-state index contributed by atoms with van der Waals surface area (Å²) in [6.07, 6.45) is 7.20. The van der Waals surface area contributed by atoms with Gasteiger partial charge in [-0.15, -0.1) is 0 Å². The van der Waals surface area contributed by atoms with E-state index in [-0.39, 0.29) is 0 Å². The number of hydrogen-bond acceptors (Lipinski definition) is 2. The zero-order valence-corrected chi connectivity index (χ0v) is 11.4.